The minimum Gasteiger partial charge on any atom is -0.484 e. The van der Waals surface area contributed by atoms with Gasteiger partial charge in [0.2, 0.25) is 5.95 Å². The van der Waals surface area contributed by atoms with Crippen LogP contribution in [0.3, 0.4) is 0 Å². The third kappa shape index (κ3) is 4.86. The van der Waals surface area contributed by atoms with Crippen LogP contribution < -0.4 is 30.3 Å². The number of likely N-dealkylation sites (N-methyl/N-ethyl adjacent to an activating group) is 1. The van der Waals surface area contributed by atoms with Crippen molar-refractivity contribution < 1.29 is 18.7 Å². The molecule has 10 heteroatoms. The van der Waals surface area contributed by atoms with Crippen LogP contribution in [-0.4, -0.2) is 36.6 Å². The Morgan fingerprint density at radius 3 is 2.88 bits per heavy atom. The van der Waals surface area contributed by atoms with Crippen molar-refractivity contribution >= 4 is 34.7 Å². The lowest BCUT2D eigenvalue weighted by Gasteiger charge is -2.22. The summed E-state index contributed by atoms with van der Waals surface area (Å²) in [7, 11) is 3.43. The predicted octanol–water partition coefficient (Wildman–Crippen LogP) is 3.53. The summed E-state index contributed by atoms with van der Waals surface area (Å²) in [5.74, 6) is 0.568. The number of hydrogen-bond donors (Lipinski definition) is 3. The van der Waals surface area contributed by atoms with E-state index in [9.17, 15) is 9.18 Å². The van der Waals surface area contributed by atoms with Crippen LogP contribution >= 0.6 is 0 Å². The number of anilines is 5. The lowest BCUT2D eigenvalue weighted by molar-refractivity contribution is -0.122. The maximum Gasteiger partial charge on any atom is 0.257 e. The molecule has 2 aromatic carbocycles. The number of amides is 1. The number of carbonyl (C=O) groups is 1. The molecule has 0 radical (unpaired) electrons. The van der Waals surface area contributed by atoms with Crippen LogP contribution in [0.5, 0.6) is 11.5 Å². The number of carbonyl (C=O) groups excluding carboxylic acids is 1. The maximum absolute atomic E-state index is 14.4. The zero-order chi connectivity index (χ0) is 22.5. The normalized spacial score (nSPS) is 11.9. The zero-order valence-electron chi connectivity index (χ0n) is 17.4. The molecule has 0 atom stereocenters. The Morgan fingerprint density at radius 2 is 2.03 bits per heavy atom. The Morgan fingerprint density at radius 1 is 1.19 bits per heavy atom. The van der Waals surface area contributed by atoms with E-state index in [-0.39, 0.29) is 24.3 Å². The highest BCUT2D eigenvalue weighted by atomic mass is 19.1. The molecule has 2 heterocycles. The molecule has 0 aliphatic carbocycles. The Balaban J connectivity index is 1.49. The monoisotopic (exact) mass is 436 g/mol. The van der Waals surface area contributed by atoms with E-state index in [1.54, 1.807) is 48.9 Å². The molecular formula is C22H21FN6O3. The van der Waals surface area contributed by atoms with E-state index in [2.05, 4.69) is 25.9 Å². The lowest BCUT2D eigenvalue weighted by atomic mass is 10.2. The van der Waals surface area contributed by atoms with Crippen LogP contribution in [0.4, 0.5) is 33.2 Å². The van der Waals surface area contributed by atoms with Gasteiger partial charge in [0.1, 0.15) is 17.8 Å². The van der Waals surface area contributed by atoms with Crippen LogP contribution in [-0.2, 0) is 4.79 Å². The average molecular weight is 436 g/mol. The van der Waals surface area contributed by atoms with Crippen molar-refractivity contribution in [2.45, 2.75) is 0 Å². The number of nitrogens with one attached hydrogen (secondary N) is 3. The average Bonchev–Trinajstić information content (AvgIpc) is 2.80. The molecule has 4 rings (SSSR count). The summed E-state index contributed by atoms with van der Waals surface area (Å²) in [5.41, 5.74) is 2.10. The molecule has 164 valence electrons. The standard InChI is InChI=1S/C22H21FN6O3/c1-24-20(30)13-32-16-5-3-4-14(10-16)27-22-25-12-17(23)21(28-22)26-15-6-7-19-18(11-15)29(2)8-9-31-19/h3-12H,13H2,1-2H3,(H,24,30)(H2,25,26,27,28). The van der Waals surface area contributed by atoms with Gasteiger partial charge in [-0.25, -0.2) is 9.37 Å². The van der Waals surface area contributed by atoms with Crippen LogP contribution in [0, 0.1) is 5.82 Å². The fraction of sp³-hybridized carbons (Fsp3) is 0.136. The molecule has 1 aromatic heterocycles. The molecule has 32 heavy (non-hydrogen) atoms. The largest absolute Gasteiger partial charge is 0.484 e. The second kappa shape index (κ2) is 9.21. The summed E-state index contributed by atoms with van der Waals surface area (Å²) in [4.78, 5) is 21.5. The van der Waals surface area contributed by atoms with Crippen LogP contribution in [0.1, 0.15) is 0 Å². The van der Waals surface area contributed by atoms with Crippen molar-refractivity contribution in [3.8, 4) is 11.5 Å². The first-order chi connectivity index (χ1) is 15.5. The summed E-state index contributed by atoms with van der Waals surface area (Å²) in [6.07, 6.45) is 4.46. The summed E-state index contributed by atoms with van der Waals surface area (Å²) < 4.78 is 25.3. The lowest BCUT2D eigenvalue weighted by Crippen LogP contribution is -2.24. The van der Waals surface area contributed by atoms with Gasteiger partial charge in [0, 0.05) is 37.7 Å². The molecule has 1 amide bonds. The van der Waals surface area contributed by atoms with Crippen molar-refractivity contribution in [2.75, 3.05) is 36.2 Å². The highest BCUT2D eigenvalue weighted by Gasteiger charge is 2.14. The smallest absolute Gasteiger partial charge is 0.257 e. The minimum atomic E-state index is -0.597. The van der Waals surface area contributed by atoms with Crippen molar-refractivity contribution in [2.24, 2.45) is 0 Å². The second-order valence-electron chi connectivity index (χ2n) is 6.83. The number of aromatic nitrogens is 2. The Hall–Kier alpha value is -4.34. The molecule has 0 bridgehead atoms. The molecule has 0 saturated carbocycles. The van der Waals surface area contributed by atoms with Crippen molar-refractivity contribution in [3.05, 3.63) is 66.9 Å². The van der Waals surface area contributed by atoms with Gasteiger partial charge >= 0.3 is 0 Å². The Kier molecular flexibility index (Phi) is 6.02. The Bertz CT molecular complexity index is 1170. The molecule has 1 aliphatic heterocycles. The highest BCUT2D eigenvalue weighted by molar-refractivity contribution is 5.77. The molecule has 0 spiro atoms. The van der Waals surface area contributed by atoms with Crippen LogP contribution in [0.2, 0.25) is 0 Å². The van der Waals surface area contributed by atoms with E-state index in [0.717, 1.165) is 11.9 Å². The summed E-state index contributed by atoms with van der Waals surface area (Å²) in [5, 5.41) is 8.47. The molecule has 3 aromatic rings. The van der Waals surface area contributed by atoms with Crippen molar-refractivity contribution in [3.63, 3.8) is 0 Å². The predicted molar refractivity (Wildman–Crippen MR) is 119 cm³/mol. The molecule has 0 fully saturated rings. The molecule has 0 saturated heterocycles. The third-order valence-electron chi connectivity index (χ3n) is 4.56. The van der Waals surface area contributed by atoms with E-state index in [1.165, 1.54) is 7.05 Å². The molecule has 9 nitrogen and oxygen atoms in total. The number of benzene rings is 2. The second-order valence-corrected chi connectivity index (χ2v) is 6.83. The van der Waals surface area contributed by atoms with E-state index < -0.39 is 5.82 Å². The summed E-state index contributed by atoms with van der Waals surface area (Å²) in [6, 6.07) is 12.3. The van der Waals surface area contributed by atoms with E-state index >= 15 is 0 Å². The highest BCUT2D eigenvalue weighted by Crippen LogP contribution is 2.34. The number of nitrogens with zero attached hydrogens (tertiary/aromatic N) is 3. The van der Waals surface area contributed by atoms with Gasteiger partial charge in [0.15, 0.2) is 18.2 Å². The van der Waals surface area contributed by atoms with Gasteiger partial charge in [0.05, 0.1) is 11.9 Å². The Labute approximate surface area is 183 Å². The van der Waals surface area contributed by atoms with E-state index in [1.807, 2.05) is 18.0 Å². The first-order valence-electron chi connectivity index (χ1n) is 9.72. The van der Waals surface area contributed by atoms with Gasteiger partial charge in [-0.15, -0.1) is 0 Å². The number of ether oxygens (including phenoxy) is 2. The molecule has 1 aliphatic rings. The van der Waals surface area contributed by atoms with E-state index in [0.29, 0.717) is 22.9 Å². The number of rotatable bonds is 7. The van der Waals surface area contributed by atoms with Crippen LogP contribution in [0.25, 0.3) is 0 Å². The van der Waals surface area contributed by atoms with Gasteiger partial charge in [0.25, 0.3) is 5.91 Å². The topological polar surface area (TPSA) is 101 Å². The van der Waals surface area contributed by atoms with E-state index in [4.69, 9.17) is 9.47 Å². The number of fused-ring (bicyclic) bond motifs is 1. The van der Waals surface area contributed by atoms with Crippen molar-refractivity contribution in [1.29, 1.82) is 0 Å². The third-order valence-corrected chi connectivity index (χ3v) is 4.56. The van der Waals surface area contributed by atoms with Gasteiger partial charge in [-0.3, -0.25) is 4.79 Å². The SMILES string of the molecule is CNC(=O)COc1cccc(Nc2ncc(F)c(Nc3ccc4c(c3)N(C)C=CO4)n2)c1. The summed E-state index contributed by atoms with van der Waals surface area (Å²) >= 11 is 0. The number of halogens is 1. The maximum atomic E-state index is 14.4. The fourth-order valence-electron chi connectivity index (χ4n) is 2.91. The summed E-state index contributed by atoms with van der Waals surface area (Å²) in [6.45, 7) is -0.0993. The molecular weight excluding hydrogens is 415 g/mol. The first-order valence-corrected chi connectivity index (χ1v) is 9.72. The van der Waals surface area contributed by atoms with Crippen LogP contribution in [0.15, 0.2) is 61.1 Å². The van der Waals surface area contributed by atoms with Gasteiger partial charge in [-0.1, -0.05) is 6.07 Å². The number of hydrogen-bond acceptors (Lipinski definition) is 8. The fourth-order valence-corrected chi connectivity index (χ4v) is 2.91. The minimum absolute atomic E-state index is 0.0180. The van der Waals surface area contributed by atoms with Gasteiger partial charge < -0.3 is 30.3 Å². The quantitative estimate of drug-likeness (QED) is 0.517. The molecule has 0 unspecified atom stereocenters. The molecule has 3 N–H and O–H groups in total. The van der Waals surface area contributed by atoms with Gasteiger partial charge in [-0.2, -0.15) is 4.98 Å². The zero-order valence-corrected chi connectivity index (χ0v) is 17.4. The van der Waals surface area contributed by atoms with Crippen molar-refractivity contribution in [1.82, 2.24) is 15.3 Å². The van der Waals surface area contributed by atoms with Gasteiger partial charge in [-0.05, 0) is 30.3 Å². The first kappa shape index (κ1) is 20.9.